The molecule has 2 N–H and O–H groups in total. The van der Waals surface area contributed by atoms with Crippen LogP contribution in [0.1, 0.15) is 24.0 Å². The zero-order chi connectivity index (χ0) is 18.2. The highest BCUT2D eigenvalue weighted by Gasteiger charge is 2.20. The van der Waals surface area contributed by atoms with E-state index in [0.717, 1.165) is 6.42 Å². The topological polar surface area (TPSA) is 75.6 Å². The average Bonchev–Trinajstić information content (AvgIpc) is 2.61. The van der Waals surface area contributed by atoms with E-state index >= 15 is 0 Å². The van der Waals surface area contributed by atoms with E-state index < -0.39 is 23.6 Å². The maximum atomic E-state index is 12.9. The maximum Gasteiger partial charge on any atom is 0.312 e. The van der Waals surface area contributed by atoms with Crippen LogP contribution in [0.2, 0.25) is 0 Å². The smallest absolute Gasteiger partial charge is 0.312 e. The molecule has 0 saturated heterocycles. The third-order valence-electron chi connectivity index (χ3n) is 3.78. The van der Waals surface area contributed by atoms with E-state index in [4.69, 9.17) is 4.74 Å². The van der Waals surface area contributed by atoms with Gasteiger partial charge in [0.05, 0.1) is 5.92 Å². The Balaban J connectivity index is 1.86. The number of carbonyl (C=O) groups is 2. The van der Waals surface area contributed by atoms with Crippen molar-refractivity contribution in [3.8, 4) is 5.75 Å². The van der Waals surface area contributed by atoms with Crippen LogP contribution in [0.25, 0.3) is 0 Å². The fraction of sp³-hybridized carbons (Fsp3) is 0.263. The summed E-state index contributed by atoms with van der Waals surface area (Å²) in [7, 11) is 0. The highest BCUT2D eigenvalue weighted by molar-refractivity contribution is 5.80. The Morgan fingerprint density at radius 3 is 2.32 bits per heavy atom. The van der Waals surface area contributed by atoms with Crippen molar-refractivity contribution < 1.29 is 23.8 Å². The number of nitrogens with one attached hydrogen (secondary N) is 1. The van der Waals surface area contributed by atoms with E-state index in [2.05, 4.69) is 5.32 Å². The molecule has 0 aliphatic heterocycles. The van der Waals surface area contributed by atoms with E-state index in [1.807, 2.05) is 19.1 Å². The number of carboxylic acids is 1. The van der Waals surface area contributed by atoms with Crippen LogP contribution in [0.5, 0.6) is 5.75 Å². The number of halogens is 1. The first-order valence-corrected chi connectivity index (χ1v) is 7.96. The molecule has 2 aromatic carbocycles. The van der Waals surface area contributed by atoms with Gasteiger partial charge in [0, 0.05) is 6.54 Å². The molecule has 0 aliphatic carbocycles. The largest absolute Gasteiger partial charge is 0.484 e. The molecule has 1 amide bonds. The number of hydrogen-bond donors (Lipinski definition) is 2. The molecule has 0 fully saturated rings. The second kappa shape index (κ2) is 8.82. The molecule has 0 spiro atoms. The van der Waals surface area contributed by atoms with Crippen molar-refractivity contribution in [2.75, 3.05) is 13.2 Å². The predicted molar refractivity (Wildman–Crippen MR) is 91.1 cm³/mol. The first-order valence-electron chi connectivity index (χ1n) is 7.96. The second-order valence-corrected chi connectivity index (χ2v) is 5.53. The van der Waals surface area contributed by atoms with Gasteiger partial charge in [-0.3, -0.25) is 9.59 Å². The van der Waals surface area contributed by atoms with Gasteiger partial charge >= 0.3 is 5.97 Å². The Morgan fingerprint density at radius 1 is 1.12 bits per heavy atom. The number of hydrogen-bond acceptors (Lipinski definition) is 3. The molecule has 0 radical (unpaired) electrons. The molecule has 2 aromatic rings. The highest BCUT2D eigenvalue weighted by Crippen LogP contribution is 2.16. The second-order valence-electron chi connectivity index (χ2n) is 5.53. The predicted octanol–water partition coefficient (Wildman–Crippen LogP) is 2.75. The summed E-state index contributed by atoms with van der Waals surface area (Å²) >= 11 is 0. The number of aliphatic carboxylic acids is 1. The normalized spacial score (nSPS) is 11.6. The summed E-state index contributed by atoms with van der Waals surface area (Å²) < 4.78 is 18.3. The van der Waals surface area contributed by atoms with Gasteiger partial charge in [0.2, 0.25) is 0 Å². The molecule has 25 heavy (non-hydrogen) atoms. The highest BCUT2D eigenvalue weighted by atomic mass is 19.1. The SMILES string of the molecule is CCc1ccc(OCC(=O)NCC(C(=O)O)c2ccc(F)cc2)cc1. The minimum Gasteiger partial charge on any atom is -0.484 e. The van der Waals surface area contributed by atoms with Gasteiger partial charge in [-0.25, -0.2) is 4.39 Å². The Bertz CT molecular complexity index is 713. The van der Waals surface area contributed by atoms with Gasteiger partial charge in [-0.1, -0.05) is 31.2 Å². The zero-order valence-electron chi connectivity index (χ0n) is 13.9. The van der Waals surface area contributed by atoms with Crippen LogP contribution in [-0.2, 0) is 16.0 Å². The fourth-order valence-corrected chi connectivity index (χ4v) is 2.28. The van der Waals surface area contributed by atoms with Gasteiger partial charge < -0.3 is 15.2 Å². The summed E-state index contributed by atoms with van der Waals surface area (Å²) in [5.41, 5.74) is 1.59. The molecular formula is C19H20FNO4. The molecule has 5 nitrogen and oxygen atoms in total. The summed E-state index contributed by atoms with van der Waals surface area (Å²) in [6.45, 7) is 1.74. The minimum atomic E-state index is -1.09. The van der Waals surface area contributed by atoms with Gasteiger partial charge in [0.25, 0.3) is 5.91 Å². The quantitative estimate of drug-likeness (QED) is 0.771. The number of rotatable bonds is 8. The van der Waals surface area contributed by atoms with E-state index in [1.165, 1.54) is 29.8 Å². The number of benzene rings is 2. The standard InChI is InChI=1S/C19H20FNO4/c1-2-13-3-9-16(10-4-13)25-12-18(22)21-11-17(19(23)24)14-5-7-15(20)8-6-14/h3-10,17H,2,11-12H2,1H3,(H,21,22)(H,23,24). The van der Waals surface area contributed by atoms with Gasteiger partial charge in [-0.2, -0.15) is 0 Å². The first kappa shape index (κ1) is 18.4. The molecule has 1 unspecified atom stereocenters. The van der Waals surface area contributed by atoms with E-state index in [9.17, 15) is 19.1 Å². The monoisotopic (exact) mass is 345 g/mol. The van der Waals surface area contributed by atoms with Crippen molar-refractivity contribution in [2.24, 2.45) is 0 Å². The summed E-state index contributed by atoms with van der Waals surface area (Å²) in [6, 6.07) is 12.6. The van der Waals surface area contributed by atoms with Crippen molar-refractivity contribution in [3.05, 3.63) is 65.5 Å². The molecule has 0 aromatic heterocycles. The summed E-state index contributed by atoms with van der Waals surface area (Å²) in [4.78, 5) is 23.2. The van der Waals surface area contributed by atoms with Crippen LogP contribution in [0.4, 0.5) is 4.39 Å². The molecule has 2 rings (SSSR count). The van der Waals surface area contributed by atoms with Gasteiger partial charge in [-0.05, 0) is 41.8 Å². The Morgan fingerprint density at radius 2 is 1.76 bits per heavy atom. The average molecular weight is 345 g/mol. The summed E-state index contributed by atoms with van der Waals surface area (Å²) in [5, 5.41) is 11.8. The third-order valence-corrected chi connectivity index (χ3v) is 3.78. The van der Waals surface area contributed by atoms with Crippen LogP contribution in [0.3, 0.4) is 0 Å². The van der Waals surface area contributed by atoms with E-state index in [-0.39, 0.29) is 13.2 Å². The summed E-state index contributed by atoms with van der Waals surface area (Å²) in [5.74, 6) is -2.34. The lowest BCUT2D eigenvalue weighted by Gasteiger charge is -2.14. The molecule has 6 heteroatoms. The summed E-state index contributed by atoms with van der Waals surface area (Å²) in [6.07, 6.45) is 0.917. The Kier molecular flexibility index (Phi) is 6.51. The number of ether oxygens (including phenoxy) is 1. The number of carbonyl (C=O) groups excluding carboxylic acids is 1. The van der Waals surface area contributed by atoms with Crippen LogP contribution in [0, 0.1) is 5.82 Å². The van der Waals surface area contributed by atoms with Crippen LogP contribution in [-0.4, -0.2) is 30.1 Å². The lowest BCUT2D eigenvalue weighted by molar-refractivity contribution is -0.138. The van der Waals surface area contributed by atoms with Gasteiger partial charge in [0.15, 0.2) is 6.61 Å². The lowest BCUT2D eigenvalue weighted by atomic mass is 9.99. The van der Waals surface area contributed by atoms with Crippen LogP contribution >= 0.6 is 0 Å². The maximum absolute atomic E-state index is 12.9. The van der Waals surface area contributed by atoms with Crippen molar-refractivity contribution in [3.63, 3.8) is 0 Å². The van der Waals surface area contributed by atoms with E-state index in [1.54, 1.807) is 12.1 Å². The molecule has 0 heterocycles. The van der Waals surface area contributed by atoms with Crippen molar-refractivity contribution in [1.29, 1.82) is 0 Å². The lowest BCUT2D eigenvalue weighted by Crippen LogP contribution is -2.34. The first-order chi connectivity index (χ1) is 12.0. The molecule has 0 aliphatic rings. The van der Waals surface area contributed by atoms with Crippen molar-refractivity contribution in [2.45, 2.75) is 19.3 Å². The number of amides is 1. The van der Waals surface area contributed by atoms with Gasteiger partial charge in [0.1, 0.15) is 11.6 Å². The van der Waals surface area contributed by atoms with Crippen LogP contribution in [0.15, 0.2) is 48.5 Å². The fourth-order valence-electron chi connectivity index (χ4n) is 2.28. The molecular weight excluding hydrogens is 325 g/mol. The molecule has 132 valence electrons. The minimum absolute atomic E-state index is 0.0993. The third kappa shape index (κ3) is 5.60. The Hall–Kier alpha value is -2.89. The molecule has 0 bridgehead atoms. The zero-order valence-corrected chi connectivity index (χ0v) is 13.9. The number of aryl methyl sites for hydroxylation is 1. The molecule has 1 atom stereocenters. The molecule has 0 saturated carbocycles. The number of carboxylic acid groups (broad SMARTS) is 1. The van der Waals surface area contributed by atoms with Crippen molar-refractivity contribution in [1.82, 2.24) is 5.32 Å². The Labute approximate surface area is 145 Å². The van der Waals surface area contributed by atoms with Gasteiger partial charge in [-0.15, -0.1) is 0 Å². The van der Waals surface area contributed by atoms with Crippen LogP contribution < -0.4 is 10.1 Å². The van der Waals surface area contributed by atoms with E-state index in [0.29, 0.717) is 11.3 Å². The van der Waals surface area contributed by atoms with Crippen molar-refractivity contribution >= 4 is 11.9 Å².